The molecular weight excluding hydrogens is 271 g/mol. The highest BCUT2D eigenvalue weighted by atomic mass is 79.9. The first-order chi connectivity index (χ1) is 5.94. The number of hydrogen-bond donors (Lipinski definition) is 0. The van der Waals surface area contributed by atoms with Crippen LogP contribution in [0.2, 0.25) is 0 Å². The Morgan fingerprint density at radius 3 is 2.54 bits per heavy atom. The lowest BCUT2D eigenvalue weighted by Gasteiger charge is -2.20. The quantitative estimate of drug-likeness (QED) is 0.401. The summed E-state index contributed by atoms with van der Waals surface area (Å²) < 4.78 is 0. The van der Waals surface area contributed by atoms with Crippen LogP contribution in [0.1, 0.15) is 13.8 Å². The third-order valence-electron chi connectivity index (χ3n) is 1.64. The minimum Gasteiger partial charge on any atom is -0.116 e. The van der Waals surface area contributed by atoms with Gasteiger partial charge in [-0.1, -0.05) is 34.2 Å². The van der Waals surface area contributed by atoms with E-state index in [2.05, 4.69) is 22.5 Å². The standard InChI is InChI=1S/C10H13BrCl2/c1-4-10(3,13)9(12)6-5-8(2)7-11/h4-7,9H,1H2,2-3H3/b6-5?,8-7+/t9-,10-/m1/s1. The molecule has 0 amide bonds. The van der Waals surface area contributed by atoms with Crippen molar-refractivity contribution in [2.24, 2.45) is 0 Å². The molecule has 0 radical (unpaired) electrons. The SMILES string of the molecule is C=C[C@@](C)(Cl)[C@H](Cl)C=C/C(C)=C/Br. The molecule has 13 heavy (non-hydrogen) atoms. The normalized spacial score (nSPS) is 19.9. The number of allylic oxidation sites excluding steroid dienone is 4. The summed E-state index contributed by atoms with van der Waals surface area (Å²) in [4.78, 5) is 1.23. The maximum atomic E-state index is 6.07. The van der Waals surface area contributed by atoms with E-state index in [0.717, 1.165) is 5.57 Å². The lowest BCUT2D eigenvalue weighted by atomic mass is 10.1. The second-order valence-corrected chi connectivity index (χ2v) is 4.71. The van der Waals surface area contributed by atoms with E-state index in [1.54, 1.807) is 6.08 Å². The van der Waals surface area contributed by atoms with Crippen molar-refractivity contribution in [1.29, 1.82) is 0 Å². The van der Waals surface area contributed by atoms with E-state index in [-0.39, 0.29) is 5.38 Å². The molecule has 0 aliphatic carbocycles. The van der Waals surface area contributed by atoms with Crippen LogP contribution in [0.25, 0.3) is 0 Å². The van der Waals surface area contributed by atoms with Crippen molar-refractivity contribution in [2.75, 3.05) is 0 Å². The van der Waals surface area contributed by atoms with Crippen molar-refractivity contribution in [2.45, 2.75) is 24.1 Å². The first-order valence-electron chi connectivity index (χ1n) is 3.86. The molecule has 0 heterocycles. The Bertz CT molecular complexity index is 229. The van der Waals surface area contributed by atoms with Crippen molar-refractivity contribution in [3.63, 3.8) is 0 Å². The molecule has 0 rings (SSSR count). The minimum absolute atomic E-state index is 0.255. The molecule has 0 unspecified atom stereocenters. The van der Waals surface area contributed by atoms with E-state index in [1.165, 1.54) is 0 Å². The van der Waals surface area contributed by atoms with Gasteiger partial charge in [0.05, 0.1) is 10.3 Å². The molecule has 0 nitrogen and oxygen atoms in total. The topological polar surface area (TPSA) is 0 Å². The summed E-state index contributed by atoms with van der Waals surface area (Å²) in [5.74, 6) is 0. The summed E-state index contributed by atoms with van der Waals surface area (Å²) >= 11 is 15.3. The summed E-state index contributed by atoms with van der Waals surface area (Å²) in [6, 6.07) is 0. The van der Waals surface area contributed by atoms with Crippen molar-refractivity contribution in [1.82, 2.24) is 0 Å². The Morgan fingerprint density at radius 2 is 2.15 bits per heavy atom. The average molecular weight is 284 g/mol. The summed E-state index contributed by atoms with van der Waals surface area (Å²) in [6.45, 7) is 7.42. The van der Waals surface area contributed by atoms with Crippen LogP contribution >= 0.6 is 39.1 Å². The van der Waals surface area contributed by atoms with E-state index in [9.17, 15) is 0 Å². The molecule has 0 N–H and O–H groups in total. The van der Waals surface area contributed by atoms with Crippen LogP contribution in [0.15, 0.2) is 35.4 Å². The first kappa shape index (κ1) is 13.3. The fourth-order valence-corrected chi connectivity index (χ4v) is 0.961. The summed E-state index contributed by atoms with van der Waals surface area (Å²) in [5.41, 5.74) is 1.09. The Kier molecular flexibility index (Phi) is 6.02. The Morgan fingerprint density at radius 1 is 1.62 bits per heavy atom. The maximum Gasteiger partial charge on any atom is 0.0793 e. The number of halogens is 3. The second-order valence-electron chi connectivity index (χ2n) is 2.97. The molecule has 0 aromatic heterocycles. The van der Waals surface area contributed by atoms with Crippen molar-refractivity contribution < 1.29 is 0 Å². The number of hydrogen-bond acceptors (Lipinski definition) is 0. The Hall–Kier alpha value is 0.280. The van der Waals surface area contributed by atoms with Gasteiger partial charge in [-0.2, -0.15) is 0 Å². The lowest BCUT2D eigenvalue weighted by Crippen LogP contribution is -2.24. The van der Waals surface area contributed by atoms with Gasteiger partial charge in [0.25, 0.3) is 0 Å². The highest BCUT2D eigenvalue weighted by molar-refractivity contribution is 9.11. The van der Waals surface area contributed by atoms with Crippen LogP contribution in [-0.2, 0) is 0 Å². The van der Waals surface area contributed by atoms with Crippen LogP contribution in [0.4, 0.5) is 0 Å². The van der Waals surface area contributed by atoms with E-state index < -0.39 is 4.87 Å². The van der Waals surface area contributed by atoms with Gasteiger partial charge in [0, 0.05) is 0 Å². The zero-order chi connectivity index (χ0) is 10.5. The third kappa shape index (κ3) is 4.90. The van der Waals surface area contributed by atoms with Gasteiger partial charge in [0.2, 0.25) is 0 Å². The van der Waals surface area contributed by atoms with E-state index in [0.29, 0.717) is 0 Å². The number of rotatable bonds is 4. The highest BCUT2D eigenvalue weighted by Gasteiger charge is 2.24. The molecule has 0 aromatic rings. The second kappa shape index (κ2) is 5.90. The minimum atomic E-state index is -0.593. The van der Waals surface area contributed by atoms with E-state index in [4.69, 9.17) is 23.2 Å². The zero-order valence-electron chi connectivity index (χ0n) is 7.73. The van der Waals surface area contributed by atoms with Gasteiger partial charge in [-0.15, -0.1) is 29.8 Å². The molecule has 0 saturated heterocycles. The van der Waals surface area contributed by atoms with Crippen LogP contribution < -0.4 is 0 Å². The molecule has 0 bridgehead atoms. The van der Waals surface area contributed by atoms with Crippen LogP contribution in [0.3, 0.4) is 0 Å². The van der Waals surface area contributed by atoms with Crippen molar-refractivity contribution in [3.8, 4) is 0 Å². The van der Waals surface area contributed by atoms with Crippen molar-refractivity contribution >= 4 is 39.1 Å². The zero-order valence-corrected chi connectivity index (χ0v) is 10.8. The molecule has 0 spiro atoms. The lowest BCUT2D eigenvalue weighted by molar-refractivity contribution is 0.801. The molecule has 3 heteroatoms. The smallest absolute Gasteiger partial charge is 0.0793 e. The summed E-state index contributed by atoms with van der Waals surface area (Å²) in [5, 5.41) is -0.255. The van der Waals surface area contributed by atoms with Gasteiger partial charge in [0.1, 0.15) is 0 Å². The molecule has 0 aliphatic heterocycles. The Balaban J connectivity index is 4.38. The van der Waals surface area contributed by atoms with Crippen LogP contribution in [0, 0.1) is 0 Å². The molecule has 0 aliphatic rings. The first-order valence-corrected chi connectivity index (χ1v) is 5.59. The van der Waals surface area contributed by atoms with Gasteiger partial charge < -0.3 is 0 Å². The maximum absolute atomic E-state index is 6.07. The molecular formula is C10H13BrCl2. The summed E-state index contributed by atoms with van der Waals surface area (Å²) in [6.07, 6.45) is 5.41. The third-order valence-corrected chi connectivity index (χ3v) is 3.46. The average Bonchev–Trinajstić information content (AvgIpc) is 2.13. The van der Waals surface area contributed by atoms with E-state index in [1.807, 2.05) is 31.0 Å². The molecule has 74 valence electrons. The monoisotopic (exact) mass is 282 g/mol. The summed E-state index contributed by atoms with van der Waals surface area (Å²) in [7, 11) is 0. The van der Waals surface area contributed by atoms with Crippen LogP contribution in [0.5, 0.6) is 0 Å². The van der Waals surface area contributed by atoms with Gasteiger partial charge in [-0.25, -0.2) is 0 Å². The molecule has 0 fully saturated rings. The van der Waals surface area contributed by atoms with E-state index >= 15 is 0 Å². The van der Waals surface area contributed by atoms with Crippen molar-refractivity contribution in [3.05, 3.63) is 35.4 Å². The molecule has 0 saturated carbocycles. The van der Waals surface area contributed by atoms with Gasteiger partial charge in [-0.05, 0) is 24.4 Å². The predicted octanol–water partition coefficient (Wildman–Crippen LogP) is 4.63. The molecule has 2 atom stereocenters. The largest absolute Gasteiger partial charge is 0.116 e. The predicted molar refractivity (Wildman–Crippen MR) is 65.9 cm³/mol. The Labute approximate surface area is 98.4 Å². The van der Waals surface area contributed by atoms with Gasteiger partial charge >= 0.3 is 0 Å². The molecule has 0 aromatic carbocycles. The fourth-order valence-electron chi connectivity index (χ4n) is 0.573. The van der Waals surface area contributed by atoms with Gasteiger partial charge in [-0.3, -0.25) is 0 Å². The highest BCUT2D eigenvalue weighted by Crippen LogP contribution is 2.26. The van der Waals surface area contributed by atoms with Gasteiger partial charge in [0.15, 0.2) is 0 Å². The van der Waals surface area contributed by atoms with Crippen LogP contribution in [-0.4, -0.2) is 10.3 Å². The number of alkyl halides is 2. The fraction of sp³-hybridized carbons (Fsp3) is 0.400.